The van der Waals surface area contributed by atoms with Crippen molar-refractivity contribution in [3.05, 3.63) is 34.9 Å². The molecule has 0 amide bonds. The van der Waals surface area contributed by atoms with Gasteiger partial charge in [-0.05, 0) is 49.6 Å². The van der Waals surface area contributed by atoms with Crippen LogP contribution >= 0.6 is 23.4 Å². The quantitative estimate of drug-likeness (QED) is 0.740. The van der Waals surface area contributed by atoms with E-state index in [-0.39, 0.29) is 0 Å². The number of hydrogen-bond acceptors (Lipinski definition) is 3. The van der Waals surface area contributed by atoms with Gasteiger partial charge in [0.05, 0.1) is 0 Å². The molecule has 0 aliphatic rings. The SMILES string of the molecule is CCSCCC(CN)N(C)C(C)c1cccc(Cl)c1. The molecular formula is C15H25ClN2S. The highest BCUT2D eigenvalue weighted by Gasteiger charge is 2.19. The summed E-state index contributed by atoms with van der Waals surface area (Å²) in [6.07, 6.45) is 1.14. The first-order valence-electron chi connectivity index (χ1n) is 6.85. The van der Waals surface area contributed by atoms with Crippen LogP contribution in [0, 0.1) is 0 Å². The van der Waals surface area contributed by atoms with Crippen LogP contribution < -0.4 is 5.73 Å². The Morgan fingerprint density at radius 2 is 2.16 bits per heavy atom. The van der Waals surface area contributed by atoms with E-state index in [1.807, 2.05) is 30.0 Å². The van der Waals surface area contributed by atoms with Crippen LogP contribution in [0.2, 0.25) is 5.02 Å². The van der Waals surface area contributed by atoms with Crippen LogP contribution in [0.15, 0.2) is 24.3 Å². The molecule has 0 aromatic heterocycles. The second-order valence-corrected chi connectivity index (χ2v) is 6.60. The van der Waals surface area contributed by atoms with Gasteiger partial charge >= 0.3 is 0 Å². The van der Waals surface area contributed by atoms with E-state index in [1.165, 1.54) is 17.1 Å². The van der Waals surface area contributed by atoms with Crippen molar-refractivity contribution in [1.29, 1.82) is 0 Å². The maximum Gasteiger partial charge on any atom is 0.0409 e. The van der Waals surface area contributed by atoms with Crippen molar-refractivity contribution in [2.45, 2.75) is 32.4 Å². The van der Waals surface area contributed by atoms with Gasteiger partial charge in [-0.2, -0.15) is 11.8 Å². The van der Waals surface area contributed by atoms with Crippen molar-refractivity contribution in [3.8, 4) is 0 Å². The number of halogens is 1. The van der Waals surface area contributed by atoms with Crippen molar-refractivity contribution in [2.75, 3.05) is 25.1 Å². The molecule has 1 rings (SSSR count). The van der Waals surface area contributed by atoms with Crippen molar-refractivity contribution < 1.29 is 0 Å². The Kier molecular flexibility index (Phi) is 7.84. The highest BCUT2D eigenvalue weighted by Crippen LogP contribution is 2.24. The summed E-state index contributed by atoms with van der Waals surface area (Å²) >= 11 is 8.04. The molecule has 4 heteroatoms. The molecule has 0 aliphatic heterocycles. The van der Waals surface area contributed by atoms with Gasteiger partial charge in [0, 0.05) is 23.7 Å². The molecule has 0 saturated heterocycles. The van der Waals surface area contributed by atoms with E-state index in [9.17, 15) is 0 Å². The minimum Gasteiger partial charge on any atom is -0.329 e. The lowest BCUT2D eigenvalue weighted by Gasteiger charge is -2.33. The average molecular weight is 301 g/mol. The topological polar surface area (TPSA) is 29.3 Å². The Labute approximate surface area is 126 Å². The average Bonchev–Trinajstić information content (AvgIpc) is 2.42. The number of likely N-dealkylation sites (N-methyl/N-ethyl adjacent to an activating group) is 1. The van der Waals surface area contributed by atoms with Gasteiger partial charge in [-0.15, -0.1) is 0 Å². The predicted octanol–water partition coefficient (Wildman–Crippen LogP) is 3.80. The number of nitrogens with two attached hydrogens (primary N) is 1. The maximum absolute atomic E-state index is 6.06. The highest BCUT2D eigenvalue weighted by molar-refractivity contribution is 7.99. The number of nitrogens with zero attached hydrogens (tertiary/aromatic N) is 1. The maximum atomic E-state index is 6.06. The van der Waals surface area contributed by atoms with Crippen LogP contribution in [0.5, 0.6) is 0 Å². The summed E-state index contributed by atoms with van der Waals surface area (Å²) in [5.41, 5.74) is 7.17. The van der Waals surface area contributed by atoms with Gasteiger partial charge < -0.3 is 5.73 Å². The molecule has 0 radical (unpaired) electrons. The summed E-state index contributed by atoms with van der Waals surface area (Å²) in [5.74, 6) is 2.34. The summed E-state index contributed by atoms with van der Waals surface area (Å²) in [4.78, 5) is 2.36. The van der Waals surface area contributed by atoms with Crippen LogP contribution in [0.25, 0.3) is 0 Å². The Balaban J connectivity index is 2.65. The molecule has 108 valence electrons. The molecule has 2 atom stereocenters. The van der Waals surface area contributed by atoms with E-state index >= 15 is 0 Å². The van der Waals surface area contributed by atoms with Gasteiger partial charge in [-0.1, -0.05) is 30.7 Å². The first-order valence-corrected chi connectivity index (χ1v) is 8.38. The van der Waals surface area contributed by atoms with Gasteiger partial charge in [0.25, 0.3) is 0 Å². The van der Waals surface area contributed by atoms with E-state index in [0.717, 1.165) is 11.4 Å². The number of thioether (sulfide) groups is 1. The summed E-state index contributed by atoms with van der Waals surface area (Å²) < 4.78 is 0. The molecule has 0 aliphatic carbocycles. The Morgan fingerprint density at radius 3 is 2.74 bits per heavy atom. The molecule has 2 unspecified atom stereocenters. The van der Waals surface area contributed by atoms with Crippen LogP contribution in [-0.2, 0) is 0 Å². The lowest BCUT2D eigenvalue weighted by atomic mass is 10.0. The molecule has 0 heterocycles. The fraction of sp³-hybridized carbons (Fsp3) is 0.600. The molecule has 0 saturated carbocycles. The normalized spacial score (nSPS) is 14.6. The Hall–Kier alpha value is -0.220. The molecule has 0 spiro atoms. The van der Waals surface area contributed by atoms with E-state index in [4.69, 9.17) is 17.3 Å². The summed E-state index contributed by atoms with van der Waals surface area (Å²) in [6.45, 7) is 5.10. The summed E-state index contributed by atoms with van der Waals surface area (Å²) in [5, 5.41) is 0.795. The van der Waals surface area contributed by atoms with Gasteiger partial charge in [0.15, 0.2) is 0 Å². The van der Waals surface area contributed by atoms with Crippen molar-refractivity contribution in [3.63, 3.8) is 0 Å². The van der Waals surface area contributed by atoms with Crippen molar-refractivity contribution in [2.24, 2.45) is 5.73 Å². The third kappa shape index (κ3) is 5.35. The smallest absolute Gasteiger partial charge is 0.0409 e. The largest absolute Gasteiger partial charge is 0.329 e. The zero-order valence-corrected chi connectivity index (χ0v) is 13.7. The number of hydrogen-bond donors (Lipinski definition) is 1. The Morgan fingerprint density at radius 1 is 1.42 bits per heavy atom. The van der Waals surface area contributed by atoms with Crippen LogP contribution in [0.1, 0.15) is 31.9 Å². The van der Waals surface area contributed by atoms with E-state index < -0.39 is 0 Å². The van der Waals surface area contributed by atoms with E-state index in [0.29, 0.717) is 18.6 Å². The summed E-state index contributed by atoms with van der Waals surface area (Å²) in [6, 6.07) is 8.84. The van der Waals surface area contributed by atoms with Crippen LogP contribution in [0.3, 0.4) is 0 Å². The van der Waals surface area contributed by atoms with Gasteiger partial charge in [-0.25, -0.2) is 0 Å². The zero-order chi connectivity index (χ0) is 14.3. The van der Waals surface area contributed by atoms with Crippen molar-refractivity contribution >= 4 is 23.4 Å². The fourth-order valence-electron chi connectivity index (χ4n) is 2.17. The summed E-state index contributed by atoms with van der Waals surface area (Å²) in [7, 11) is 2.15. The number of benzene rings is 1. The molecule has 19 heavy (non-hydrogen) atoms. The predicted molar refractivity (Wildman–Crippen MR) is 88.1 cm³/mol. The molecule has 2 N–H and O–H groups in total. The molecule has 1 aromatic carbocycles. The zero-order valence-electron chi connectivity index (χ0n) is 12.1. The Bertz CT molecular complexity index is 373. The molecular weight excluding hydrogens is 276 g/mol. The van der Waals surface area contributed by atoms with Gasteiger partial charge in [-0.3, -0.25) is 4.90 Å². The first-order chi connectivity index (χ1) is 9.10. The van der Waals surface area contributed by atoms with Crippen molar-refractivity contribution in [1.82, 2.24) is 4.90 Å². The standard InChI is InChI=1S/C15H25ClN2S/c1-4-19-9-8-15(11-17)18(3)12(2)13-6-5-7-14(16)10-13/h5-7,10,12,15H,4,8-9,11,17H2,1-3H3. The lowest BCUT2D eigenvalue weighted by Crippen LogP contribution is -2.39. The molecule has 2 nitrogen and oxygen atoms in total. The van der Waals surface area contributed by atoms with Crippen LogP contribution in [-0.4, -0.2) is 36.0 Å². The van der Waals surface area contributed by atoms with Crippen LogP contribution in [0.4, 0.5) is 0 Å². The first kappa shape index (κ1) is 16.8. The third-order valence-electron chi connectivity index (χ3n) is 3.59. The minimum absolute atomic E-state index is 0.332. The second kappa shape index (κ2) is 8.85. The molecule has 1 aromatic rings. The van der Waals surface area contributed by atoms with Gasteiger partial charge in [0.1, 0.15) is 0 Å². The fourth-order valence-corrected chi connectivity index (χ4v) is 3.10. The molecule has 0 fully saturated rings. The third-order valence-corrected chi connectivity index (χ3v) is 4.76. The van der Waals surface area contributed by atoms with Gasteiger partial charge in [0.2, 0.25) is 0 Å². The van der Waals surface area contributed by atoms with E-state index in [2.05, 4.69) is 31.9 Å². The van der Waals surface area contributed by atoms with E-state index in [1.54, 1.807) is 0 Å². The minimum atomic E-state index is 0.332. The second-order valence-electron chi connectivity index (χ2n) is 4.77. The monoisotopic (exact) mass is 300 g/mol. The lowest BCUT2D eigenvalue weighted by molar-refractivity contribution is 0.185. The molecule has 0 bridgehead atoms. The highest BCUT2D eigenvalue weighted by atomic mass is 35.5. The number of rotatable bonds is 8.